The SMILES string of the molecule is COC(=O)c1nc(C(=O)NCC(C)C)ccc1-c1cc2c(cc1C(=O)Nc1ccc(CNC(=O)OC(C)(C)C)cc1)-c1sccc1CCO2. The summed E-state index contributed by atoms with van der Waals surface area (Å²) in [7, 11) is 1.23. The van der Waals surface area contributed by atoms with Crippen molar-refractivity contribution in [3.63, 3.8) is 0 Å². The van der Waals surface area contributed by atoms with Crippen LogP contribution in [0.4, 0.5) is 10.5 Å². The van der Waals surface area contributed by atoms with Crippen molar-refractivity contribution in [3.05, 3.63) is 88.1 Å². The van der Waals surface area contributed by atoms with Gasteiger partial charge in [-0.2, -0.15) is 0 Å². The number of esters is 1. The topological polar surface area (TPSA) is 145 Å². The van der Waals surface area contributed by atoms with E-state index in [-0.39, 0.29) is 29.4 Å². The minimum Gasteiger partial charge on any atom is -0.493 e. The van der Waals surface area contributed by atoms with Crippen molar-refractivity contribution in [2.45, 2.75) is 53.2 Å². The second kappa shape index (κ2) is 14.9. The minimum absolute atomic E-state index is 0.0475. The second-order valence-corrected chi connectivity index (χ2v) is 13.9. The molecule has 3 heterocycles. The summed E-state index contributed by atoms with van der Waals surface area (Å²) >= 11 is 1.56. The number of methoxy groups -OCH3 is 1. The predicted octanol–water partition coefficient (Wildman–Crippen LogP) is 6.86. The third-order valence-corrected chi connectivity index (χ3v) is 8.49. The summed E-state index contributed by atoms with van der Waals surface area (Å²) in [6.45, 7) is 10.4. The molecule has 0 aliphatic carbocycles. The van der Waals surface area contributed by atoms with Crippen LogP contribution in [0.1, 0.15) is 77.1 Å². The van der Waals surface area contributed by atoms with Gasteiger partial charge in [-0.15, -0.1) is 11.3 Å². The fraction of sp³-hybridized carbons (Fsp3) is 0.324. The summed E-state index contributed by atoms with van der Waals surface area (Å²) in [6, 6.07) is 15.7. The highest BCUT2D eigenvalue weighted by Gasteiger charge is 2.27. The van der Waals surface area contributed by atoms with Crippen molar-refractivity contribution in [3.8, 4) is 27.3 Å². The molecule has 49 heavy (non-hydrogen) atoms. The summed E-state index contributed by atoms with van der Waals surface area (Å²) < 4.78 is 16.5. The maximum Gasteiger partial charge on any atom is 0.407 e. The highest BCUT2D eigenvalue weighted by atomic mass is 32.1. The molecular weight excluding hydrogens is 644 g/mol. The quantitative estimate of drug-likeness (QED) is 0.162. The number of nitrogens with one attached hydrogen (secondary N) is 3. The molecule has 0 saturated carbocycles. The molecule has 0 bridgehead atoms. The van der Waals surface area contributed by atoms with E-state index in [1.807, 2.05) is 25.3 Å². The number of carbonyl (C=O) groups is 4. The summed E-state index contributed by atoms with van der Waals surface area (Å²) in [6.07, 6.45) is 0.179. The van der Waals surface area contributed by atoms with E-state index in [1.165, 1.54) is 13.2 Å². The van der Waals surface area contributed by atoms with Gasteiger partial charge >= 0.3 is 12.1 Å². The van der Waals surface area contributed by atoms with Crippen LogP contribution in [0.5, 0.6) is 5.75 Å². The lowest BCUT2D eigenvalue weighted by Crippen LogP contribution is -2.32. The van der Waals surface area contributed by atoms with Crippen LogP contribution in [0.3, 0.4) is 0 Å². The van der Waals surface area contributed by atoms with Gasteiger partial charge in [-0.1, -0.05) is 26.0 Å². The van der Waals surface area contributed by atoms with Gasteiger partial charge in [-0.25, -0.2) is 14.6 Å². The third kappa shape index (κ3) is 8.63. The number of hydrogen-bond donors (Lipinski definition) is 3. The highest BCUT2D eigenvalue weighted by Crippen LogP contribution is 2.43. The van der Waals surface area contributed by atoms with E-state index in [9.17, 15) is 19.2 Å². The molecule has 12 heteroatoms. The van der Waals surface area contributed by atoms with E-state index < -0.39 is 29.5 Å². The average molecular weight is 685 g/mol. The maximum absolute atomic E-state index is 14.1. The number of aromatic nitrogens is 1. The van der Waals surface area contributed by atoms with Crippen molar-refractivity contribution < 1.29 is 33.4 Å². The fourth-order valence-electron chi connectivity index (χ4n) is 5.16. The number of thiophene rings is 1. The first kappa shape index (κ1) is 35.1. The Balaban J connectivity index is 1.51. The summed E-state index contributed by atoms with van der Waals surface area (Å²) in [5.74, 6) is -0.841. The zero-order valence-electron chi connectivity index (χ0n) is 28.4. The number of anilines is 1. The van der Waals surface area contributed by atoms with Gasteiger partial charge < -0.3 is 30.2 Å². The van der Waals surface area contributed by atoms with Gasteiger partial charge in [-0.05, 0) is 85.7 Å². The van der Waals surface area contributed by atoms with Crippen LogP contribution in [0, 0.1) is 5.92 Å². The Morgan fingerprint density at radius 2 is 1.69 bits per heavy atom. The number of carbonyl (C=O) groups excluding carboxylic acids is 4. The summed E-state index contributed by atoms with van der Waals surface area (Å²) in [4.78, 5) is 57.6. The van der Waals surface area contributed by atoms with Gasteiger partial charge in [0.15, 0.2) is 5.69 Å². The van der Waals surface area contributed by atoms with Crippen LogP contribution >= 0.6 is 11.3 Å². The molecule has 0 saturated heterocycles. The van der Waals surface area contributed by atoms with E-state index in [0.717, 1.165) is 21.6 Å². The van der Waals surface area contributed by atoms with Crippen LogP contribution in [-0.2, 0) is 22.4 Å². The van der Waals surface area contributed by atoms with Gasteiger partial charge in [0.25, 0.3) is 11.8 Å². The van der Waals surface area contributed by atoms with Gasteiger partial charge in [0.2, 0.25) is 0 Å². The number of alkyl carbamates (subject to hydrolysis) is 1. The van der Waals surface area contributed by atoms with Crippen molar-refractivity contribution in [1.82, 2.24) is 15.6 Å². The Kier molecular flexibility index (Phi) is 10.7. The molecule has 0 atom stereocenters. The number of benzene rings is 2. The smallest absolute Gasteiger partial charge is 0.407 e. The van der Waals surface area contributed by atoms with Gasteiger partial charge in [0.05, 0.1) is 13.7 Å². The predicted molar refractivity (Wildman–Crippen MR) is 188 cm³/mol. The molecule has 0 unspecified atom stereocenters. The number of fused-ring (bicyclic) bond motifs is 3. The Morgan fingerprint density at radius 3 is 2.39 bits per heavy atom. The molecule has 1 aliphatic heterocycles. The lowest BCUT2D eigenvalue weighted by atomic mass is 9.93. The molecule has 3 N–H and O–H groups in total. The number of ether oxygens (including phenoxy) is 3. The second-order valence-electron chi connectivity index (χ2n) is 13.0. The molecule has 11 nitrogen and oxygen atoms in total. The number of hydrogen-bond acceptors (Lipinski definition) is 9. The largest absolute Gasteiger partial charge is 0.493 e. The zero-order chi connectivity index (χ0) is 35.3. The lowest BCUT2D eigenvalue weighted by Gasteiger charge is -2.19. The molecule has 2 aromatic heterocycles. The minimum atomic E-state index is -0.758. The van der Waals surface area contributed by atoms with Crippen molar-refractivity contribution >= 4 is 40.9 Å². The van der Waals surface area contributed by atoms with E-state index in [0.29, 0.717) is 42.1 Å². The van der Waals surface area contributed by atoms with Gasteiger partial charge in [0.1, 0.15) is 17.0 Å². The van der Waals surface area contributed by atoms with Crippen LogP contribution in [-0.4, -0.2) is 54.7 Å². The number of pyridine rings is 1. The maximum atomic E-state index is 14.1. The van der Waals surface area contributed by atoms with E-state index in [1.54, 1.807) is 74.6 Å². The molecule has 1 aliphatic rings. The van der Waals surface area contributed by atoms with E-state index >= 15 is 0 Å². The molecule has 4 aromatic rings. The molecular formula is C37H40N4O7S. The first-order valence-corrected chi connectivity index (χ1v) is 16.8. The first-order chi connectivity index (χ1) is 23.3. The van der Waals surface area contributed by atoms with Gasteiger partial charge in [-0.3, -0.25) is 9.59 Å². The highest BCUT2D eigenvalue weighted by molar-refractivity contribution is 7.13. The van der Waals surface area contributed by atoms with Crippen LogP contribution < -0.4 is 20.7 Å². The Hall–Kier alpha value is -5.23. The van der Waals surface area contributed by atoms with Crippen LogP contribution in [0.15, 0.2) is 60.0 Å². The fourth-order valence-corrected chi connectivity index (χ4v) is 6.14. The Bertz CT molecular complexity index is 1880. The Labute approximate surface area is 289 Å². The molecule has 0 radical (unpaired) electrons. The van der Waals surface area contributed by atoms with Gasteiger partial charge in [0, 0.05) is 52.3 Å². The number of nitrogens with zero attached hydrogens (tertiary/aromatic N) is 1. The lowest BCUT2D eigenvalue weighted by molar-refractivity contribution is 0.0522. The van der Waals surface area contributed by atoms with Crippen LogP contribution in [0.25, 0.3) is 21.6 Å². The molecule has 256 valence electrons. The molecule has 3 amide bonds. The first-order valence-electron chi connectivity index (χ1n) is 16.0. The zero-order valence-corrected chi connectivity index (χ0v) is 29.2. The van der Waals surface area contributed by atoms with Crippen molar-refractivity contribution in [2.75, 3.05) is 25.6 Å². The molecule has 2 aromatic carbocycles. The Morgan fingerprint density at radius 1 is 0.939 bits per heavy atom. The summed E-state index contributed by atoms with van der Waals surface area (Å²) in [5, 5.41) is 10.5. The summed E-state index contributed by atoms with van der Waals surface area (Å²) in [5.41, 5.74) is 3.49. The van der Waals surface area contributed by atoms with E-state index in [4.69, 9.17) is 14.2 Å². The van der Waals surface area contributed by atoms with E-state index in [2.05, 4.69) is 20.9 Å². The molecule has 0 fully saturated rings. The normalized spacial score (nSPS) is 12.1. The standard InChI is InChI=1S/C37H40N4O7S/c1-21(2)19-38-34(43)29-12-11-25(31(41-29)35(44)46-6)26-18-30-28(32-23(13-15-47-30)14-16-49-32)17-27(26)33(42)40-24-9-7-22(8-10-24)20-39-36(45)48-37(3,4)5/h7-12,14,16-18,21H,13,15,19-20H2,1-6H3,(H,38,43)(H,39,45)(H,40,42). The average Bonchev–Trinajstić information content (AvgIpc) is 3.46. The monoisotopic (exact) mass is 684 g/mol. The van der Waals surface area contributed by atoms with Crippen molar-refractivity contribution in [2.24, 2.45) is 5.92 Å². The number of rotatable bonds is 9. The molecule has 5 rings (SSSR count). The number of amides is 3. The molecule has 0 spiro atoms. The van der Waals surface area contributed by atoms with Crippen LogP contribution in [0.2, 0.25) is 0 Å². The van der Waals surface area contributed by atoms with Crippen molar-refractivity contribution in [1.29, 1.82) is 0 Å². The third-order valence-electron chi connectivity index (χ3n) is 7.50.